The van der Waals surface area contributed by atoms with Crippen LogP contribution in [0.2, 0.25) is 0 Å². The first-order valence-electron chi connectivity index (χ1n) is 8.51. The highest BCUT2D eigenvalue weighted by Crippen LogP contribution is 2.50. The zero-order valence-electron chi connectivity index (χ0n) is 14.9. The third-order valence-corrected chi connectivity index (χ3v) is 5.17. The van der Waals surface area contributed by atoms with Crippen LogP contribution < -0.4 is 9.47 Å². The number of nitriles is 1. The smallest absolute Gasteiger partial charge is 0.234 e. The average molecular weight is 355 g/mol. The summed E-state index contributed by atoms with van der Waals surface area (Å²) in [5.41, 5.74) is -1.24. The molecule has 2 heterocycles. The number of aliphatic hydroxyl groups is 1. The molecule has 2 N–H and O–H groups in total. The van der Waals surface area contributed by atoms with Crippen molar-refractivity contribution < 1.29 is 19.7 Å². The second kappa shape index (κ2) is 6.46. The van der Waals surface area contributed by atoms with E-state index in [1.807, 2.05) is 13.8 Å². The molecule has 26 heavy (non-hydrogen) atoms. The molecule has 0 fully saturated rings. The molecule has 7 heteroatoms. The number of hydrogen-bond acceptors (Lipinski definition) is 7. The van der Waals surface area contributed by atoms with Gasteiger partial charge in [-0.3, -0.25) is 0 Å². The predicted molar refractivity (Wildman–Crippen MR) is 92.8 cm³/mol. The Morgan fingerprint density at radius 3 is 2.54 bits per heavy atom. The van der Waals surface area contributed by atoms with Gasteiger partial charge in [0.05, 0.1) is 11.6 Å². The molecule has 7 nitrogen and oxygen atoms in total. The molecular formula is C19H21N3O4. The first-order chi connectivity index (χ1) is 12.4. The summed E-state index contributed by atoms with van der Waals surface area (Å²) in [4.78, 5) is 0. The van der Waals surface area contributed by atoms with Gasteiger partial charge in [-0.2, -0.15) is 5.26 Å². The SMILES string of the molecule is CCC1(CC)Oc2ccc(C#N)cc2C(Oc2ccc(O)nn2)C1(C)O. The van der Waals surface area contributed by atoms with Gasteiger partial charge >= 0.3 is 0 Å². The van der Waals surface area contributed by atoms with Crippen LogP contribution in [-0.2, 0) is 0 Å². The van der Waals surface area contributed by atoms with E-state index in [1.165, 1.54) is 12.1 Å². The van der Waals surface area contributed by atoms with E-state index in [0.29, 0.717) is 29.7 Å². The zero-order chi connectivity index (χ0) is 18.9. The van der Waals surface area contributed by atoms with Crippen molar-refractivity contribution in [3.05, 3.63) is 41.5 Å². The highest BCUT2D eigenvalue weighted by atomic mass is 16.6. The summed E-state index contributed by atoms with van der Waals surface area (Å²) >= 11 is 0. The highest BCUT2D eigenvalue weighted by molar-refractivity contribution is 5.47. The minimum atomic E-state index is -1.39. The van der Waals surface area contributed by atoms with Crippen LogP contribution in [0, 0.1) is 11.3 Å². The van der Waals surface area contributed by atoms with Crippen molar-refractivity contribution in [3.63, 3.8) is 0 Å². The second-order valence-electron chi connectivity index (χ2n) is 6.54. The van der Waals surface area contributed by atoms with E-state index in [2.05, 4.69) is 16.3 Å². The molecule has 0 saturated heterocycles. The number of fused-ring (bicyclic) bond motifs is 1. The van der Waals surface area contributed by atoms with E-state index in [0.717, 1.165) is 0 Å². The standard InChI is InChI=1S/C19H21N3O4/c1-4-19(5-2)18(3,24)17(25-16-9-8-15(23)21-22-16)13-10-12(11-20)6-7-14(13)26-19/h6-10,17,24H,4-5H2,1-3H3,(H,21,23). The molecule has 0 bridgehead atoms. The number of benzene rings is 1. The highest BCUT2D eigenvalue weighted by Gasteiger charge is 2.57. The first-order valence-corrected chi connectivity index (χ1v) is 8.51. The van der Waals surface area contributed by atoms with Gasteiger partial charge in [-0.1, -0.05) is 13.8 Å². The fourth-order valence-electron chi connectivity index (χ4n) is 3.56. The van der Waals surface area contributed by atoms with E-state index >= 15 is 0 Å². The lowest BCUT2D eigenvalue weighted by Crippen LogP contribution is -2.62. The Labute approximate surface area is 151 Å². The largest absolute Gasteiger partial charge is 0.492 e. The van der Waals surface area contributed by atoms with E-state index in [-0.39, 0.29) is 11.8 Å². The molecule has 0 aliphatic carbocycles. The van der Waals surface area contributed by atoms with Gasteiger partial charge in [-0.15, -0.1) is 10.2 Å². The van der Waals surface area contributed by atoms with Gasteiger partial charge in [0, 0.05) is 17.7 Å². The molecule has 2 aromatic rings. The Hall–Kier alpha value is -2.85. The number of aromatic hydroxyl groups is 1. The van der Waals surface area contributed by atoms with Gasteiger partial charge in [0.2, 0.25) is 11.8 Å². The fourth-order valence-corrected chi connectivity index (χ4v) is 3.56. The first kappa shape index (κ1) is 18.0. The van der Waals surface area contributed by atoms with Crippen molar-refractivity contribution in [2.24, 2.45) is 0 Å². The molecule has 2 atom stereocenters. The third kappa shape index (κ3) is 2.72. The molecule has 136 valence electrons. The topological polar surface area (TPSA) is 108 Å². The van der Waals surface area contributed by atoms with Crippen molar-refractivity contribution in [3.8, 4) is 23.6 Å². The van der Waals surface area contributed by atoms with Crippen molar-refractivity contribution >= 4 is 0 Å². The van der Waals surface area contributed by atoms with Crippen LogP contribution in [-0.4, -0.2) is 31.6 Å². The van der Waals surface area contributed by atoms with Crippen LogP contribution in [0.25, 0.3) is 0 Å². The Balaban J connectivity index is 2.14. The Morgan fingerprint density at radius 1 is 1.23 bits per heavy atom. The normalized spacial score (nSPS) is 23.4. The van der Waals surface area contributed by atoms with Crippen molar-refractivity contribution in [1.29, 1.82) is 5.26 Å². The maximum absolute atomic E-state index is 11.4. The average Bonchev–Trinajstić information content (AvgIpc) is 2.65. The number of aromatic nitrogens is 2. The molecule has 1 aliphatic rings. The summed E-state index contributed by atoms with van der Waals surface area (Å²) in [6.07, 6.45) is 0.312. The van der Waals surface area contributed by atoms with Crippen LogP contribution in [0.5, 0.6) is 17.5 Å². The lowest BCUT2D eigenvalue weighted by atomic mass is 9.72. The van der Waals surface area contributed by atoms with Gasteiger partial charge in [-0.25, -0.2) is 0 Å². The van der Waals surface area contributed by atoms with E-state index in [4.69, 9.17) is 9.47 Å². The molecule has 2 unspecified atom stereocenters. The summed E-state index contributed by atoms with van der Waals surface area (Å²) in [5, 5.41) is 37.4. The van der Waals surface area contributed by atoms with Crippen molar-refractivity contribution in [2.45, 2.75) is 50.9 Å². The summed E-state index contributed by atoms with van der Waals surface area (Å²) in [7, 11) is 0. The maximum Gasteiger partial charge on any atom is 0.234 e. The van der Waals surface area contributed by atoms with Crippen molar-refractivity contribution in [1.82, 2.24) is 10.2 Å². The van der Waals surface area contributed by atoms with Crippen LogP contribution in [0.3, 0.4) is 0 Å². The summed E-state index contributed by atoms with van der Waals surface area (Å²) in [6, 6.07) is 9.97. The minimum absolute atomic E-state index is 0.157. The monoisotopic (exact) mass is 355 g/mol. The van der Waals surface area contributed by atoms with Crippen LogP contribution in [0.1, 0.15) is 50.8 Å². The van der Waals surface area contributed by atoms with Crippen LogP contribution in [0.15, 0.2) is 30.3 Å². The number of hydrogen-bond donors (Lipinski definition) is 2. The minimum Gasteiger partial charge on any atom is -0.492 e. The number of ether oxygens (including phenoxy) is 2. The molecule has 0 radical (unpaired) electrons. The van der Waals surface area contributed by atoms with Gasteiger partial charge in [0.1, 0.15) is 17.0 Å². The van der Waals surface area contributed by atoms with Gasteiger partial charge in [-0.05, 0) is 38.0 Å². The van der Waals surface area contributed by atoms with Crippen LogP contribution in [0.4, 0.5) is 0 Å². The van der Waals surface area contributed by atoms with Crippen molar-refractivity contribution in [2.75, 3.05) is 0 Å². The molecular weight excluding hydrogens is 334 g/mol. The number of nitrogens with zero attached hydrogens (tertiary/aromatic N) is 3. The Bertz CT molecular complexity index is 839. The quantitative estimate of drug-likeness (QED) is 0.868. The predicted octanol–water partition coefficient (Wildman–Crippen LogP) is 2.88. The third-order valence-electron chi connectivity index (χ3n) is 5.17. The summed E-state index contributed by atoms with van der Waals surface area (Å²) < 4.78 is 12.2. The van der Waals surface area contributed by atoms with E-state index in [1.54, 1.807) is 25.1 Å². The summed E-state index contributed by atoms with van der Waals surface area (Å²) in [6.45, 7) is 5.56. The Kier molecular flexibility index (Phi) is 4.46. The zero-order valence-corrected chi connectivity index (χ0v) is 14.9. The van der Waals surface area contributed by atoms with E-state index in [9.17, 15) is 15.5 Å². The lowest BCUT2D eigenvalue weighted by Gasteiger charge is -2.51. The Morgan fingerprint density at radius 2 is 1.96 bits per heavy atom. The molecule has 1 aromatic heterocycles. The molecule has 1 aliphatic heterocycles. The molecule has 3 rings (SSSR count). The number of rotatable bonds is 4. The second-order valence-corrected chi connectivity index (χ2v) is 6.54. The molecule has 0 spiro atoms. The lowest BCUT2D eigenvalue weighted by molar-refractivity contribution is -0.193. The maximum atomic E-state index is 11.4. The summed E-state index contributed by atoms with van der Waals surface area (Å²) in [5.74, 6) is 0.500. The molecule has 1 aromatic carbocycles. The van der Waals surface area contributed by atoms with Crippen LogP contribution >= 0.6 is 0 Å². The molecule has 0 saturated carbocycles. The van der Waals surface area contributed by atoms with Gasteiger partial charge in [0.15, 0.2) is 6.10 Å². The van der Waals surface area contributed by atoms with Gasteiger partial charge < -0.3 is 19.7 Å². The van der Waals surface area contributed by atoms with Gasteiger partial charge in [0.25, 0.3) is 0 Å². The van der Waals surface area contributed by atoms with E-state index < -0.39 is 17.3 Å². The fraction of sp³-hybridized carbons (Fsp3) is 0.421. The molecule has 0 amide bonds.